The molecule has 5 nitrogen and oxygen atoms in total. The fourth-order valence-corrected chi connectivity index (χ4v) is 0.627. The number of aliphatic hydroxyl groups excluding tert-OH is 1. The number of nitrogens with one attached hydrogen (secondary N) is 1. The molecular formula is C6H8F3NO4. The van der Waals surface area contributed by atoms with Crippen molar-refractivity contribution in [2.24, 2.45) is 0 Å². The third-order valence-corrected chi connectivity index (χ3v) is 1.28. The normalized spacial score (nSPS) is 13.4. The molecule has 0 unspecified atom stereocenters. The minimum atomic E-state index is -5.12. The van der Waals surface area contributed by atoms with Crippen LogP contribution in [0.4, 0.5) is 13.2 Å². The van der Waals surface area contributed by atoms with Gasteiger partial charge in [0.05, 0.1) is 0 Å². The number of halogens is 3. The highest BCUT2D eigenvalue weighted by molar-refractivity contribution is 5.86. The quantitative estimate of drug-likeness (QED) is 0.590. The zero-order chi connectivity index (χ0) is 11.4. The van der Waals surface area contributed by atoms with Crippen LogP contribution in [0.2, 0.25) is 0 Å². The molecule has 14 heavy (non-hydrogen) atoms. The Hall–Kier alpha value is -1.31. The van der Waals surface area contributed by atoms with Crippen molar-refractivity contribution in [3.63, 3.8) is 0 Å². The molecule has 0 rings (SSSR count). The molecule has 0 aromatic carbocycles. The van der Waals surface area contributed by atoms with Gasteiger partial charge in [0.1, 0.15) is 6.04 Å². The molecule has 0 radical (unpaired) electrons. The Labute approximate surface area is 76.5 Å². The van der Waals surface area contributed by atoms with Crippen LogP contribution in [0.15, 0.2) is 0 Å². The lowest BCUT2D eigenvalue weighted by Crippen LogP contribution is -2.47. The number of carboxylic acids is 1. The number of aliphatic carboxylic acids is 1. The van der Waals surface area contributed by atoms with Gasteiger partial charge in [-0.15, -0.1) is 0 Å². The molecule has 8 heteroatoms. The number of carbonyl (C=O) groups is 2. The summed E-state index contributed by atoms with van der Waals surface area (Å²) in [5, 5.41) is 17.9. The van der Waals surface area contributed by atoms with Crippen molar-refractivity contribution in [1.29, 1.82) is 0 Å². The summed E-state index contributed by atoms with van der Waals surface area (Å²) in [5.74, 6) is -3.96. The molecule has 0 spiro atoms. The van der Waals surface area contributed by atoms with Gasteiger partial charge in [-0.25, -0.2) is 4.79 Å². The molecule has 1 atom stereocenters. The fourth-order valence-electron chi connectivity index (χ4n) is 0.627. The molecule has 0 bridgehead atoms. The minimum Gasteiger partial charge on any atom is -0.480 e. The third-order valence-electron chi connectivity index (χ3n) is 1.28. The van der Waals surface area contributed by atoms with Crippen molar-refractivity contribution in [3.05, 3.63) is 0 Å². The Bertz CT molecular complexity index is 228. The molecule has 0 aromatic heterocycles. The fraction of sp³-hybridized carbons (Fsp3) is 0.667. The van der Waals surface area contributed by atoms with Crippen LogP contribution < -0.4 is 5.32 Å². The molecule has 0 heterocycles. The van der Waals surface area contributed by atoms with Gasteiger partial charge < -0.3 is 15.5 Å². The molecule has 82 valence electrons. The Kier molecular flexibility index (Phi) is 4.35. The number of aliphatic hydroxyl groups is 1. The topological polar surface area (TPSA) is 86.6 Å². The van der Waals surface area contributed by atoms with Gasteiger partial charge in [0.25, 0.3) is 0 Å². The summed E-state index contributed by atoms with van der Waals surface area (Å²) in [4.78, 5) is 20.5. The van der Waals surface area contributed by atoms with Gasteiger partial charge in [-0.2, -0.15) is 13.2 Å². The van der Waals surface area contributed by atoms with Crippen molar-refractivity contribution in [2.75, 3.05) is 6.61 Å². The first-order valence-electron chi connectivity index (χ1n) is 3.50. The first-order chi connectivity index (χ1) is 6.29. The van der Waals surface area contributed by atoms with Crippen molar-refractivity contribution >= 4 is 11.9 Å². The van der Waals surface area contributed by atoms with Gasteiger partial charge >= 0.3 is 18.1 Å². The predicted octanol–water partition coefficient (Wildman–Crippen LogP) is -0.499. The first-order valence-corrected chi connectivity index (χ1v) is 3.50. The second-order valence-electron chi connectivity index (χ2n) is 2.37. The smallest absolute Gasteiger partial charge is 0.471 e. The molecule has 1 amide bonds. The van der Waals surface area contributed by atoms with Crippen LogP contribution in [-0.4, -0.2) is 40.9 Å². The molecular weight excluding hydrogens is 207 g/mol. The largest absolute Gasteiger partial charge is 0.480 e. The highest BCUT2D eigenvalue weighted by Crippen LogP contribution is 2.14. The maximum absolute atomic E-state index is 11.6. The van der Waals surface area contributed by atoms with E-state index >= 15 is 0 Å². The monoisotopic (exact) mass is 215 g/mol. The van der Waals surface area contributed by atoms with E-state index in [0.717, 1.165) is 0 Å². The van der Waals surface area contributed by atoms with E-state index in [1.54, 1.807) is 0 Å². The molecule has 0 saturated heterocycles. The van der Waals surface area contributed by atoms with Crippen LogP contribution >= 0.6 is 0 Å². The van der Waals surface area contributed by atoms with Crippen molar-refractivity contribution in [1.82, 2.24) is 5.32 Å². The summed E-state index contributed by atoms with van der Waals surface area (Å²) < 4.78 is 34.9. The SMILES string of the molecule is O=C(O)[C@H](CCO)NC(=O)C(F)(F)F. The average Bonchev–Trinajstić information content (AvgIpc) is 2.01. The zero-order valence-electron chi connectivity index (χ0n) is 6.84. The number of alkyl halides is 3. The van der Waals surface area contributed by atoms with Gasteiger partial charge in [0.15, 0.2) is 0 Å². The highest BCUT2D eigenvalue weighted by Gasteiger charge is 2.40. The summed E-state index contributed by atoms with van der Waals surface area (Å²) in [7, 11) is 0. The summed E-state index contributed by atoms with van der Waals surface area (Å²) in [5.41, 5.74) is 0. The number of hydrogen-bond acceptors (Lipinski definition) is 3. The standard InChI is InChI=1S/C6H8F3NO4/c7-6(8,9)5(14)10-3(1-2-11)4(12)13/h3,11H,1-2H2,(H,10,14)(H,12,13)/t3-/m0/s1. The number of hydrogen-bond donors (Lipinski definition) is 3. The molecule has 0 aliphatic carbocycles. The van der Waals surface area contributed by atoms with E-state index in [-0.39, 0.29) is 0 Å². The van der Waals surface area contributed by atoms with E-state index in [4.69, 9.17) is 10.2 Å². The number of carbonyl (C=O) groups excluding carboxylic acids is 1. The number of carboxylic acid groups (broad SMARTS) is 1. The van der Waals surface area contributed by atoms with Crippen molar-refractivity contribution < 1.29 is 33.0 Å². The van der Waals surface area contributed by atoms with Crippen molar-refractivity contribution in [3.8, 4) is 0 Å². The molecule has 3 N–H and O–H groups in total. The van der Waals surface area contributed by atoms with Crippen LogP contribution in [0.5, 0.6) is 0 Å². The lowest BCUT2D eigenvalue weighted by Gasteiger charge is -2.14. The van der Waals surface area contributed by atoms with Crippen LogP contribution in [0, 0.1) is 0 Å². The number of amides is 1. The second kappa shape index (κ2) is 4.80. The average molecular weight is 215 g/mol. The Morgan fingerprint density at radius 1 is 1.36 bits per heavy atom. The Balaban J connectivity index is 4.31. The van der Waals surface area contributed by atoms with Crippen LogP contribution in [0.1, 0.15) is 6.42 Å². The van der Waals surface area contributed by atoms with E-state index < -0.39 is 37.1 Å². The van der Waals surface area contributed by atoms with Crippen LogP contribution in [-0.2, 0) is 9.59 Å². The maximum atomic E-state index is 11.6. The lowest BCUT2D eigenvalue weighted by atomic mass is 10.2. The van der Waals surface area contributed by atoms with E-state index in [2.05, 4.69) is 0 Å². The van der Waals surface area contributed by atoms with E-state index in [1.807, 2.05) is 0 Å². The minimum absolute atomic E-state index is 0.475. The summed E-state index contributed by atoms with van der Waals surface area (Å²) in [6, 6.07) is -1.73. The summed E-state index contributed by atoms with van der Waals surface area (Å²) in [6.07, 6.45) is -5.60. The van der Waals surface area contributed by atoms with E-state index in [0.29, 0.717) is 0 Å². The molecule has 0 aliphatic rings. The van der Waals surface area contributed by atoms with Gasteiger partial charge in [-0.3, -0.25) is 4.79 Å². The molecule has 0 aliphatic heterocycles. The Morgan fingerprint density at radius 2 is 1.86 bits per heavy atom. The first kappa shape index (κ1) is 12.7. The van der Waals surface area contributed by atoms with Gasteiger partial charge in [0.2, 0.25) is 0 Å². The van der Waals surface area contributed by atoms with E-state index in [1.165, 1.54) is 5.32 Å². The highest BCUT2D eigenvalue weighted by atomic mass is 19.4. The number of rotatable bonds is 4. The van der Waals surface area contributed by atoms with Crippen molar-refractivity contribution in [2.45, 2.75) is 18.6 Å². The van der Waals surface area contributed by atoms with E-state index in [9.17, 15) is 22.8 Å². The molecule has 0 fully saturated rings. The summed E-state index contributed by atoms with van der Waals surface area (Å²) in [6.45, 7) is -0.630. The third kappa shape index (κ3) is 4.08. The van der Waals surface area contributed by atoms with Gasteiger partial charge in [-0.05, 0) is 0 Å². The van der Waals surface area contributed by atoms with Crippen LogP contribution in [0.25, 0.3) is 0 Å². The zero-order valence-corrected chi connectivity index (χ0v) is 6.84. The van der Waals surface area contributed by atoms with Gasteiger partial charge in [-0.1, -0.05) is 0 Å². The van der Waals surface area contributed by atoms with Gasteiger partial charge in [0, 0.05) is 13.0 Å². The second-order valence-corrected chi connectivity index (χ2v) is 2.37. The summed E-state index contributed by atoms with van der Waals surface area (Å²) >= 11 is 0. The Morgan fingerprint density at radius 3 is 2.14 bits per heavy atom. The molecule has 0 saturated carbocycles. The predicted molar refractivity (Wildman–Crippen MR) is 37.3 cm³/mol. The van der Waals surface area contributed by atoms with Crippen LogP contribution in [0.3, 0.4) is 0 Å². The maximum Gasteiger partial charge on any atom is 0.471 e. The molecule has 0 aromatic rings. The lowest BCUT2D eigenvalue weighted by molar-refractivity contribution is -0.175.